The molecule has 0 aromatic heterocycles. The van der Waals surface area contributed by atoms with Gasteiger partial charge in [0.15, 0.2) is 0 Å². The van der Waals surface area contributed by atoms with E-state index in [0.29, 0.717) is 12.8 Å². The second-order valence-electron chi connectivity index (χ2n) is 2.23. The third kappa shape index (κ3) is 1.31. The van der Waals surface area contributed by atoms with Gasteiger partial charge in [0.05, 0.1) is 4.05 Å². The number of hydrogen-bond donors (Lipinski definition) is 0. The number of carbonyl (C=O) groups excluding carboxylic acids is 2. The molecule has 4 heteroatoms. The normalized spacial score (nSPS) is 22.0. The number of halogens is 1. The maximum atomic E-state index is 10.9. The average molecular weight is 253 g/mol. The van der Waals surface area contributed by atoms with Crippen LogP contribution in [0.25, 0.3) is 0 Å². The molecule has 3 nitrogen and oxygen atoms in total. The van der Waals surface area contributed by atoms with E-state index in [9.17, 15) is 9.59 Å². The summed E-state index contributed by atoms with van der Waals surface area (Å²) in [5.74, 6) is -0.0706. The van der Waals surface area contributed by atoms with Gasteiger partial charge in [-0.2, -0.15) is 0 Å². The SMILES string of the molecule is CC(I)N1C(=O)CCC1=O. The first kappa shape index (κ1) is 7.97. The maximum Gasteiger partial charge on any atom is 0.230 e. The van der Waals surface area contributed by atoms with Crippen molar-refractivity contribution in [2.75, 3.05) is 0 Å². The Bertz CT molecular complexity index is 163. The predicted molar refractivity (Wildman–Crippen MR) is 44.6 cm³/mol. The maximum absolute atomic E-state index is 10.9. The van der Waals surface area contributed by atoms with Gasteiger partial charge in [0.2, 0.25) is 11.8 Å². The summed E-state index contributed by atoms with van der Waals surface area (Å²) in [6.45, 7) is 1.84. The Morgan fingerprint density at radius 3 is 2.00 bits per heavy atom. The highest BCUT2D eigenvalue weighted by atomic mass is 127. The fourth-order valence-corrected chi connectivity index (χ4v) is 1.61. The fraction of sp³-hybridized carbons (Fsp3) is 0.667. The van der Waals surface area contributed by atoms with Crippen LogP contribution < -0.4 is 0 Å². The molecule has 0 bridgehead atoms. The minimum atomic E-state index is -0.0353. The number of alkyl halides is 1. The molecular formula is C6H8INO2. The van der Waals surface area contributed by atoms with Gasteiger partial charge >= 0.3 is 0 Å². The van der Waals surface area contributed by atoms with Crippen LogP contribution in [0, 0.1) is 0 Å². The lowest BCUT2D eigenvalue weighted by Gasteiger charge is -2.15. The molecule has 1 heterocycles. The molecule has 56 valence electrons. The smallest absolute Gasteiger partial charge is 0.230 e. The van der Waals surface area contributed by atoms with Crippen molar-refractivity contribution in [1.82, 2.24) is 4.90 Å². The lowest BCUT2D eigenvalue weighted by atomic mass is 10.4. The molecule has 0 spiro atoms. The number of rotatable bonds is 1. The first-order valence-electron chi connectivity index (χ1n) is 3.12. The van der Waals surface area contributed by atoms with Gasteiger partial charge in [-0.15, -0.1) is 0 Å². The quantitative estimate of drug-likeness (QED) is 0.301. The molecule has 1 aliphatic heterocycles. The van der Waals surface area contributed by atoms with Crippen LogP contribution in [-0.4, -0.2) is 20.8 Å². The Hall–Kier alpha value is -0.130. The topological polar surface area (TPSA) is 37.4 Å². The molecule has 10 heavy (non-hydrogen) atoms. The summed E-state index contributed by atoms with van der Waals surface area (Å²) < 4.78 is 0.0000926. The van der Waals surface area contributed by atoms with Gasteiger partial charge < -0.3 is 0 Å². The Labute approximate surface area is 72.9 Å². The van der Waals surface area contributed by atoms with Crippen molar-refractivity contribution in [3.63, 3.8) is 0 Å². The standard InChI is InChI=1S/C6H8INO2/c1-4(7)8-5(9)2-3-6(8)10/h4H,2-3H2,1H3. The van der Waals surface area contributed by atoms with Crippen LogP contribution in [0.1, 0.15) is 19.8 Å². The first-order valence-corrected chi connectivity index (χ1v) is 4.36. The lowest BCUT2D eigenvalue weighted by Crippen LogP contribution is -2.33. The van der Waals surface area contributed by atoms with E-state index in [1.54, 1.807) is 0 Å². The van der Waals surface area contributed by atoms with E-state index >= 15 is 0 Å². The van der Waals surface area contributed by atoms with Crippen LogP contribution >= 0.6 is 22.6 Å². The van der Waals surface area contributed by atoms with Crippen molar-refractivity contribution in [3.8, 4) is 0 Å². The van der Waals surface area contributed by atoms with E-state index in [1.807, 2.05) is 6.92 Å². The summed E-state index contributed by atoms with van der Waals surface area (Å²) >= 11 is 2.06. The van der Waals surface area contributed by atoms with E-state index in [4.69, 9.17) is 0 Å². The van der Waals surface area contributed by atoms with Crippen molar-refractivity contribution in [1.29, 1.82) is 0 Å². The highest BCUT2D eigenvalue weighted by molar-refractivity contribution is 14.1. The largest absolute Gasteiger partial charge is 0.274 e. The molecule has 1 atom stereocenters. The zero-order valence-corrected chi connectivity index (χ0v) is 7.79. The Morgan fingerprint density at radius 1 is 1.40 bits per heavy atom. The van der Waals surface area contributed by atoms with E-state index in [1.165, 1.54) is 4.90 Å². The van der Waals surface area contributed by atoms with E-state index in [0.717, 1.165) is 0 Å². The molecule has 1 unspecified atom stereocenters. The lowest BCUT2D eigenvalue weighted by molar-refractivity contribution is -0.138. The van der Waals surface area contributed by atoms with Crippen LogP contribution in [0.2, 0.25) is 0 Å². The van der Waals surface area contributed by atoms with Crippen molar-refractivity contribution in [3.05, 3.63) is 0 Å². The van der Waals surface area contributed by atoms with E-state index in [-0.39, 0.29) is 15.9 Å². The number of nitrogens with zero attached hydrogens (tertiary/aromatic N) is 1. The minimum Gasteiger partial charge on any atom is -0.274 e. The van der Waals surface area contributed by atoms with Gasteiger partial charge in [0.25, 0.3) is 0 Å². The van der Waals surface area contributed by atoms with Crippen LogP contribution in [0.15, 0.2) is 0 Å². The third-order valence-electron chi connectivity index (χ3n) is 1.45. The van der Waals surface area contributed by atoms with Crippen molar-refractivity contribution in [2.45, 2.75) is 23.8 Å². The summed E-state index contributed by atoms with van der Waals surface area (Å²) in [6.07, 6.45) is 0.790. The summed E-state index contributed by atoms with van der Waals surface area (Å²) in [7, 11) is 0. The monoisotopic (exact) mass is 253 g/mol. The molecule has 0 radical (unpaired) electrons. The van der Waals surface area contributed by atoms with Crippen LogP contribution in [0.3, 0.4) is 0 Å². The Morgan fingerprint density at radius 2 is 1.80 bits per heavy atom. The summed E-state index contributed by atoms with van der Waals surface area (Å²) in [5, 5.41) is 0. The molecule has 0 aliphatic carbocycles. The third-order valence-corrected chi connectivity index (χ3v) is 2.00. The number of hydrogen-bond acceptors (Lipinski definition) is 2. The van der Waals surface area contributed by atoms with Gasteiger partial charge in [-0.1, -0.05) is 22.6 Å². The fourth-order valence-electron chi connectivity index (χ4n) is 0.991. The summed E-state index contributed by atoms with van der Waals surface area (Å²) in [4.78, 5) is 23.2. The number of carbonyl (C=O) groups is 2. The van der Waals surface area contributed by atoms with Crippen LogP contribution in [0.5, 0.6) is 0 Å². The average Bonchev–Trinajstić information content (AvgIpc) is 2.11. The number of amides is 2. The van der Waals surface area contributed by atoms with Gasteiger partial charge in [0.1, 0.15) is 0 Å². The van der Waals surface area contributed by atoms with Crippen LogP contribution in [-0.2, 0) is 9.59 Å². The predicted octanol–water partition coefficient (Wildman–Crippen LogP) is 0.916. The van der Waals surface area contributed by atoms with E-state index in [2.05, 4.69) is 22.6 Å². The first-order chi connectivity index (χ1) is 4.63. The molecule has 1 fully saturated rings. The second-order valence-corrected chi connectivity index (χ2v) is 4.03. The van der Waals surface area contributed by atoms with E-state index < -0.39 is 0 Å². The summed E-state index contributed by atoms with van der Waals surface area (Å²) in [6, 6.07) is 0. The highest BCUT2D eigenvalue weighted by Crippen LogP contribution is 2.18. The molecule has 2 amide bonds. The van der Waals surface area contributed by atoms with Crippen molar-refractivity contribution in [2.24, 2.45) is 0 Å². The molecule has 1 saturated heterocycles. The summed E-state index contributed by atoms with van der Waals surface area (Å²) in [5.41, 5.74) is 0. The molecular weight excluding hydrogens is 245 g/mol. The highest BCUT2D eigenvalue weighted by Gasteiger charge is 2.31. The molecule has 0 aromatic carbocycles. The zero-order valence-electron chi connectivity index (χ0n) is 5.63. The Kier molecular flexibility index (Phi) is 2.28. The molecule has 0 N–H and O–H groups in total. The van der Waals surface area contributed by atoms with Crippen LogP contribution in [0.4, 0.5) is 0 Å². The number of imide groups is 1. The second kappa shape index (κ2) is 2.86. The minimum absolute atomic E-state index is 0.0000926. The molecule has 1 aliphatic rings. The van der Waals surface area contributed by atoms with Gasteiger partial charge in [-0.05, 0) is 6.92 Å². The van der Waals surface area contributed by atoms with Gasteiger partial charge in [-0.3, -0.25) is 14.5 Å². The van der Waals surface area contributed by atoms with Crippen molar-refractivity contribution >= 4 is 34.4 Å². The van der Waals surface area contributed by atoms with Crippen molar-refractivity contribution < 1.29 is 9.59 Å². The number of likely N-dealkylation sites (tertiary alicyclic amines) is 1. The Balaban J connectivity index is 2.72. The van der Waals surface area contributed by atoms with Gasteiger partial charge in [-0.25, -0.2) is 0 Å². The molecule has 0 aromatic rings. The van der Waals surface area contributed by atoms with Gasteiger partial charge in [0, 0.05) is 12.8 Å². The molecule has 1 rings (SSSR count). The zero-order chi connectivity index (χ0) is 7.72. The molecule has 0 saturated carbocycles.